The van der Waals surface area contributed by atoms with Gasteiger partial charge in [0.25, 0.3) is 0 Å². The molecule has 7 nitrogen and oxygen atoms in total. The Bertz CT molecular complexity index is 810. The van der Waals surface area contributed by atoms with E-state index in [2.05, 4.69) is 10.5 Å². The number of aryl methyl sites for hydroxylation is 2. The Labute approximate surface area is 168 Å². The predicted molar refractivity (Wildman–Crippen MR) is 106 cm³/mol. The standard InChI is InChI=1S/C20H24N2O5S/c1-13-18(14(2)27-22-13)11-28-12-20(25)26-10-19(24)17-6-4-16(5-7-17)8-9-21-15(3)23/h4-7H,8-12H2,1-3H3,(H,21,23). The Kier molecular flexibility index (Phi) is 8.25. The smallest absolute Gasteiger partial charge is 0.316 e. The third kappa shape index (κ3) is 6.84. The van der Waals surface area contributed by atoms with Crippen LogP contribution in [0, 0.1) is 13.8 Å². The molecule has 1 N–H and O–H groups in total. The second-order valence-corrected chi connectivity index (χ2v) is 7.29. The summed E-state index contributed by atoms with van der Waals surface area (Å²) >= 11 is 1.39. The fraction of sp³-hybridized carbons (Fsp3) is 0.400. The Morgan fingerprint density at radius 2 is 1.89 bits per heavy atom. The van der Waals surface area contributed by atoms with Crippen molar-refractivity contribution in [2.45, 2.75) is 32.9 Å². The molecule has 2 aromatic rings. The molecule has 1 aromatic heterocycles. The summed E-state index contributed by atoms with van der Waals surface area (Å²) in [5, 5.41) is 6.59. The third-order valence-corrected chi connectivity index (χ3v) is 5.01. The molecule has 150 valence electrons. The number of hydrogen-bond donors (Lipinski definition) is 1. The molecule has 28 heavy (non-hydrogen) atoms. The van der Waals surface area contributed by atoms with Crippen LogP contribution in [0.1, 0.15) is 39.9 Å². The van der Waals surface area contributed by atoms with Gasteiger partial charge in [-0.15, -0.1) is 11.8 Å². The molecule has 0 saturated carbocycles. The lowest BCUT2D eigenvalue weighted by atomic mass is 10.1. The topological polar surface area (TPSA) is 98.5 Å². The van der Waals surface area contributed by atoms with Gasteiger partial charge in [0.2, 0.25) is 5.91 Å². The molecule has 1 amide bonds. The maximum absolute atomic E-state index is 12.2. The number of ether oxygens (including phenoxy) is 1. The summed E-state index contributed by atoms with van der Waals surface area (Å²) in [5.41, 5.74) is 3.29. The quantitative estimate of drug-likeness (QED) is 0.480. The number of benzene rings is 1. The van der Waals surface area contributed by atoms with Crippen molar-refractivity contribution in [1.82, 2.24) is 10.5 Å². The van der Waals surface area contributed by atoms with Gasteiger partial charge >= 0.3 is 5.97 Å². The van der Waals surface area contributed by atoms with Crippen molar-refractivity contribution in [1.29, 1.82) is 0 Å². The first-order valence-corrected chi connectivity index (χ1v) is 10.0. The maximum Gasteiger partial charge on any atom is 0.316 e. The molecule has 0 fully saturated rings. The largest absolute Gasteiger partial charge is 0.457 e. The van der Waals surface area contributed by atoms with E-state index in [0.717, 1.165) is 22.6 Å². The molecule has 1 heterocycles. The number of nitrogens with zero attached hydrogens (tertiary/aromatic N) is 1. The molecule has 0 radical (unpaired) electrons. The summed E-state index contributed by atoms with van der Waals surface area (Å²) in [7, 11) is 0. The van der Waals surface area contributed by atoms with E-state index in [1.54, 1.807) is 12.1 Å². The zero-order valence-corrected chi connectivity index (χ0v) is 17.1. The highest BCUT2D eigenvalue weighted by molar-refractivity contribution is 7.99. The number of carbonyl (C=O) groups excluding carboxylic acids is 3. The van der Waals surface area contributed by atoms with Gasteiger partial charge in [0.15, 0.2) is 12.4 Å². The zero-order chi connectivity index (χ0) is 20.5. The van der Waals surface area contributed by atoms with E-state index in [9.17, 15) is 14.4 Å². The number of nitrogens with one attached hydrogen (secondary N) is 1. The molecule has 0 aliphatic rings. The van der Waals surface area contributed by atoms with Gasteiger partial charge < -0.3 is 14.6 Å². The summed E-state index contributed by atoms with van der Waals surface area (Å²) < 4.78 is 10.1. The van der Waals surface area contributed by atoms with Gasteiger partial charge in [0.05, 0.1) is 11.4 Å². The molecule has 0 aliphatic heterocycles. The SMILES string of the molecule is CC(=O)NCCc1ccc(C(=O)COC(=O)CSCc2c(C)noc2C)cc1. The molecular weight excluding hydrogens is 380 g/mol. The van der Waals surface area contributed by atoms with Crippen molar-refractivity contribution in [3.05, 3.63) is 52.4 Å². The Morgan fingerprint density at radius 3 is 2.50 bits per heavy atom. The van der Waals surface area contributed by atoms with Crippen LogP contribution >= 0.6 is 11.8 Å². The van der Waals surface area contributed by atoms with Crippen molar-refractivity contribution >= 4 is 29.4 Å². The van der Waals surface area contributed by atoms with E-state index in [1.165, 1.54) is 18.7 Å². The van der Waals surface area contributed by atoms with E-state index in [0.29, 0.717) is 24.3 Å². The number of aromatic nitrogens is 1. The molecule has 0 aliphatic carbocycles. The Hall–Kier alpha value is -2.61. The maximum atomic E-state index is 12.2. The van der Waals surface area contributed by atoms with Crippen molar-refractivity contribution < 1.29 is 23.6 Å². The van der Waals surface area contributed by atoms with Gasteiger partial charge in [-0.1, -0.05) is 29.4 Å². The summed E-state index contributed by atoms with van der Waals surface area (Å²) in [6, 6.07) is 7.06. The molecule has 2 rings (SSSR count). The normalized spacial score (nSPS) is 10.5. The zero-order valence-electron chi connectivity index (χ0n) is 16.2. The molecular formula is C20H24N2O5S. The van der Waals surface area contributed by atoms with Crippen molar-refractivity contribution in [2.24, 2.45) is 0 Å². The number of rotatable bonds is 10. The first-order valence-electron chi connectivity index (χ1n) is 8.88. The molecule has 0 spiro atoms. The number of Topliss-reactive ketones (excluding diaryl/α,β-unsaturated/α-hetero) is 1. The van der Waals surface area contributed by atoms with E-state index in [4.69, 9.17) is 9.26 Å². The third-order valence-electron chi connectivity index (χ3n) is 4.08. The highest BCUT2D eigenvalue weighted by Crippen LogP contribution is 2.19. The van der Waals surface area contributed by atoms with Gasteiger partial charge in [-0.3, -0.25) is 14.4 Å². The Morgan fingerprint density at radius 1 is 1.18 bits per heavy atom. The van der Waals surface area contributed by atoms with Gasteiger partial charge in [-0.2, -0.15) is 0 Å². The summed E-state index contributed by atoms with van der Waals surface area (Å²) in [6.07, 6.45) is 0.686. The van der Waals surface area contributed by atoms with Crippen LogP contribution < -0.4 is 5.32 Å². The number of carbonyl (C=O) groups is 3. The molecule has 0 bridgehead atoms. The number of hydrogen-bond acceptors (Lipinski definition) is 7. The van der Waals surface area contributed by atoms with Crippen LogP contribution in [-0.2, 0) is 26.5 Å². The molecule has 0 unspecified atom stereocenters. The van der Waals surface area contributed by atoms with E-state index in [-0.39, 0.29) is 24.1 Å². The van der Waals surface area contributed by atoms with Crippen LogP contribution in [0.5, 0.6) is 0 Å². The van der Waals surface area contributed by atoms with Crippen LogP contribution in [0.25, 0.3) is 0 Å². The molecule has 0 saturated heterocycles. The monoisotopic (exact) mass is 404 g/mol. The summed E-state index contributed by atoms with van der Waals surface area (Å²) in [4.78, 5) is 34.8. The highest BCUT2D eigenvalue weighted by Gasteiger charge is 2.13. The predicted octanol–water partition coefficient (Wildman–Crippen LogP) is 2.63. The number of amides is 1. The lowest BCUT2D eigenvalue weighted by Crippen LogP contribution is -2.22. The van der Waals surface area contributed by atoms with E-state index >= 15 is 0 Å². The molecule has 8 heteroatoms. The minimum absolute atomic E-state index is 0.0709. The van der Waals surface area contributed by atoms with Gasteiger partial charge in [-0.25, -0.2) is 0 Å². The van der Waals surface area contributed by atoms with E-state index < -0.39 is 5.97 Å². The minimum atomic E-state index is -0.433. The second-order valence-electron chi connectivity index (χ2n) is 6.31. The van der Waals surface area contributed by atoms with Gasteiger partial charge in [0.1, 0.15) is 5.76 Å². The van der Waals surface area contributed by atoms with Gasteiger partial charge in [-0.05, 0) is 25.8 Å². The van der Waals surface area contributed by atoms with Crippen LogP contribution in [0.2, 0.25) is 0 Å². The number of ketones is 1. The summed E-state index contributed by atoms with van der Waals surface area (Å²) in [6.45, 7) is 5.42. The molecule has 1 aromatic carbocycles. The second kappa shape index (κ2) is 10.7. The van der Waals surface area contributed by atoms with Crippen molar-refractivity contribution in [3.8, 4) is 0 Å². The lowest BCUT2D eigenvalue weighted by molar-refractivity contribution is -0.139. The average molecular weight is 404 g/mol. The van der Waals surface area contributed by atoms with Crippen LogP contribution in [0.3, 0.4) is 0 Å². The number of thioether (sulfide) groups is 1. The van der Waals surface area contributed by atoms with E-state index in [1.807, 2.05) is 26.0 Å². The fourth-order valence-corrected chi connectivity index (χ4v) is 3.42. The Balaban J connectivity index is 1.70. The van der Waals surface area contributed by atoms with Crippen molar-refractivity contribution in [3.63, 3.8) is 0 Å². The van der Waals surface area contributed by atoms with Crippen LogP contribution in [0.15, 0.2) is 28.8 Å². The molecule has 0 atom stereocenters. The van der Waals surface area contributed by atoms with Crippen LogP contribution in [-0.4, -0.2) is 41.7 Å². The first-order chi connectivity index (χ1) is 13.4. The van der Waals surface area contributed by atoms with Crippen molar-refractivity contribution in [2.75, 3.05) is 18.9 Å². The van der Waals surface area contributed by atoms with Gasteiger partial charge in [0, 0.05) is 30.3 Å². The first kappa shape index (κ1) is 21.7. The highest BCUT2D eigenvalue weighted by atomic mass is 32.2. The van der Waals surface area contributed by atoms with Crippen LogP contribution in [0.4, 0.5) is 0 Å². The number of esters is 1. The average Bonchev–Trinajstić information content (AvgIpc) is 2.98. The lowest BCUT2D eigenvalue weighted by Gasteiger charge is -2.06. The fourth-order valence-electron chi connectivity index (χ4n) is 2.46. The summed E-state index contributed by atoms with van der Waals surface area (Å²) in [5.74, 6) is 0.742. The minimum Gasteiger partial charge on any atom is -0.457 e.